The molecule has 0 spiro atoms. The van der Waals surface area contributed by atoms with Crippen LogP contribution in [0, 0.1) is 23.7 Å². The lowest BCUT2D eigenvalue weighted by atomic mass is 9.69. The number of carbonyl (C=O) groups is 2. The van der Waals surface area contributed by atoms with Crippen molar-refractivity contribution in [1.29, 1.82) is 0 Å². The lowest BCUT2D eigenvalue weighted by Gasteiger charge is -2.37. The van der Waals surface area contributed by atoms with Gasteiger partial charge in [0.25, 0.3) is 5.91 Å². The van der Waals surface area contributed by atoms with Gasteiger partial charge in [0, 0.05) is 31.4 Å². The zero-order chi connectivity index (χ0) is 20.8. The average Bonchev–Trinajstić information content (AvgIpc) is 3.21. The topological polar surface area (TPSA) is 71.1 Å². The second-order valence-corrected chi connectivity index (χ2v) is 9.12. The lowest BCUT2D eigenvalue weighted by molar-refractivity contribution is -0.122. The molecule has 1 aromatic rings. The van der Waals surface area contributed by atoms with E-state index < -0.39 is 0 Å². The van der Waals surface area contributed by atoms with Gasteiger partial charge in [0.15, 0.2) is 0 Å². The van der Waals surface area contributed by atoms with Crippen LogP contribution in [0.4, 0.5) is 0 Å². The Hall–Kier alpha value is -2.17. The summed E-state index contributed by atoms with van der Waals surface area (Å²) in [4.78, 5) is 29.0. The molecule has 0 radical (unpaired) electrons. The summed E-state index contributed by atoms with van der Waals surface area (Å²) in [6.07, 6.45) is 11.9. The standard InChI is InChI=1S/C24H35N3O2/c1-16(2)22-12-19(13-23(28)27-21-8-4-5-9-21)17(3)11-20(22)15-26-24(29)18-7-6-10-25-14-18/h6-7,10-11,14,16,19-22H,4-5,8-9,12-13,15H2,1-3H3,(H,26,29)(H,27,28)/t19-,20-,22-/m0/s1. The minimum Gasteiger partial charge on any atom is -0.353 e. The molecule has 2 N–H and O–H groups in total. The van der Waals surface area contributed by atoms with Crippen molar-refractivity contribution in [2.75, 3.05) is 6.54 Å². The fourth-order valence-electron chi connectivity index (χ4n) is 4.90. The van der Waals surface area contributed by atoms with Gasteiger partial charge >= 0.3 is 0 Å². The van der Waals surface area contributed by atoms with Crippen LogP contribution in [0.25, 0.3) is 0 Å². The summed E-state index contributed by atoms with van der Waals surface area (Å²) in [5, 5.41) is 6.31. The maximum Gasteiger partial charge on any atom is 0.252 e. The summed E-state index contributed by atoms with van der Waals surface area (Å²) < 4.78 is 0. The number of nitrogens with one attached hydrogen (secondary N) is 2. The highest BCUT2D eigenvalue weighted by Gasteiger charge is 2.33. The first kappa shape index (κ1) is 21.5. The van der Waals surface area contributed by atoms with Crippen LogP contribution in [0.15, 0.2) is 36.2 Å². The highest BCUT2D eigenvalue weighted by molar-refractivity contribution is 5.93. The van der Waals surface area contributed by atoms with Crippen LogP contribution in [-0.2, 0) is 4.79 Å². The van der Waals surface area contributed by atoms with Crippen LogP contribution in [0.1, 0.15) is 69.7 Å². The second kappa shape index (κ2) is 10.0. The molecule has 0 bridgehead atoms. The molecule has 29 heavy (non-hydrogen) atoms. The van der Waals surface area contributed by atoms with Crippen molar-refractivity contribution < 1.29 is 9.59 Å². The Bertz CT molecular complexity index is 723. The van der Waals surface area contributed by atoms with Gasteiger partial charge in [-0.2, -0.15) is 0 Å². The van der Waals surface area contributed by atoms with E-state index >= 15 is 0 Å². The number of allylic oxidation sites excluding steroid dienone is 1. The molecule has 1 saturated carbocycles. The number of hydrogen-bond acceptors (Lipinski definition) is 3. The van der Waals surface area contributed by atoms with Gasteiger partial charge in [-0.25, -0.2) is 0 Å². The predicted molar refractivity (Wildman–Crippen MR) is 115 cm³/mol. The van der Waals surface area contributed by atoms with Gasteiger partial charge in [0.05, 0.1) is 5.56 Å². The van der Waals surface area contributed by atoms with E-state index in [1.54, 1.807) is 24.5 Å². The molecular formula is C24H35N3O2. The third-order valence-corrected chi connectivity index (χ3v) is 6.66. The molecule has 0 aliphatic heterocycles. The van der Waals surface area contributed by atoms with Crippen molar-refractivity contribution in [3.63, 3.8) is 0 Å². The number of rotatable bonds is 7. The molecule has 2 aliphatic rings. The molecule has 0 unspecified atom stereocenters. The normalized spacial score (nSPS) is 25.0. The molecule has 5 heteroatoms. The van der Waals surface area contributed by atoms with E-state index in [0.717, 1.165) is 19.3 Å². The molecule has 1 fully saturated rings. The van der Waals surface area contributed by atoms with Crippen molar-refractivity contribution in [3.05, 3.63) is 41.7 Å². The SMILES string of the molecule is CC1=C[C@@H](CNC(=O)c2cccnc2)[C@H](C(C)C)C[C@H]1CC(=O)NC1CCCC1. The molecule has 0 aromatic carbocycles. The zero-order valence-corrected chi connectivity index (χ0v) is 18.0. The third kappa shape index (κ3) is 5.91. The lowest BCUT2D eigenvalue weighted by Crippen LogP contribution is -2.38. The van der Waals surface area contributed by atoms with E-state index in [9.17, 15) is 9.59 Å². The maximum absolute atomic E-state index is 12.5. The Kier molecular flexibility index (Phi) is 7.45. The van der Waals surface area contributed by atoms with Crippen LogP contribution >= 0.6 is 0 Å². The summed E-state index contributed by atoms with van der Waals surface area (Å²) in [6, 6.07) is 3.94. The quantitative estimate of drug-likeness (QED) is 0.680. The Morgan fingerprint density at radius 3 is 2.66 bits per heavy atom. The van der Waals surface area contributed by atoms with E-state index in [1.807, 2.05) is 0 Å². The van der Waals surface area contributed by atoms with E-state index in [0.29, 0.717) is 48.2 Å². The van der Waals surface area contributed by atoms with Crippen LogP contribution in [0.2, 0.25) is 0 Å². The monoisotopic (exact) mass is 397 g/mol. The van der Waals surface area contributed by atoms with Crippen LogP contribution < -0.4 is 10.6 Å². The van der Waals surface area contributed by atoms with Gasteiger partial charge in [-0.05, 0) is 62.0 Å². The average molecular weight is 398 g/mol. The largest absolute Gasteiger partial charge is 0.353 e. The smallest absolute Gasteiger partial charge is 0.252 e. The Labute approximate surface area is 174 Å². The minimum atomic E-state index is -0.0790. The van der Waals surface area contributed by atoms with E-state index in [1.165, 1.54) is 18.4 Å². The van der Waals surface area contributed by atoms with Crippen LogP contribution in [0.3, 0.4) is 0 Å². The highest BCUT2D eigenvalue weighted by atomic mass is 16.2. The number of hydrogen-bond donors (Lipinski definition) is 2. The Balaban J connectivity index is 1.59. The first-order valence-electron chi connectivity index (χ1n) is 11.1. The molecule has 3 rings (SSSR count). The zero-order valence-electron chi connectivity index (χ0n) is 18.0. The Morgan fingerprint density at radius 2 is 2.00 bits per heavy atom. The van der Waals surface area contributed by atoms with Gasteiger partial charge < -0.3 is 10.6 Å². The van der Waals surface area contributed by atoms with Crippen molar-refractivity contribution >= 4 is 11.8 Å². The molecule has 2 aliphatic carbocycles. The predicted octanol–water partition coefficient (Wildman–Crippen LogP) is 4.11. The van der Waals surface area contributed by atoms with Gasteiger partial charge in [0.1, 0.15) is 0 Å². The van der Waals surface area contributed by atoms with E-state index in [-0.39, 0.29) is 11.8 Å². The highest BCUT2D eigenvalue weighted by Crippen LogP contribution is 2.38. The molecule has 3 atom stereocenters. The third-order valence-electron chi connectivity index (χ3n) is 6.66. The fourth-order valence-corrected chi connectivity index (χ4v) is 4.90. The van der Waals surface area contributed by atoms with Crippen molar-refractivity contribution in [2.45, 2.75) is 65.3 Å². The van der Waals surface area contributed by atoms with Crippen LogP contribution in [0.5, 0.6) is 0 Å². The van der Waals surface area contributed by atoms with Crippen LogP contribution in [-0.4, -0.2) is 29.4 Å². The van der Waals surface area contributed by atoms with Gasteiger partial charge in [-0.3, -0.25) is 14.6 Å². The van der Waals surface area contributed by atoms with E-state index in [2.05, 4.69) is 42.5 Å². The molecule has 2 amide bonds. The summed E-state index contributed by atoms with van der Waals surface area (Å²) in [5.74, 6) is 1.67. The van der Waals surface area contributed by atoms with E-state index in [4.69, 9.17) is 0 Å². The first-order chi connectivity index (χ1) is 13.9. The minimum absolute atomic E-state index is 0.0790. The number of aromatic nitrogens is 1. The number of amides is 2. The number of carbonyl (C=O) groups excluding carboxylic acids is 2. The molecule has 158 valence electrons. The van der Waals surface area contributed by atoms with Crippen molar-refractivity contribution in [3.8, 4) is 0 Å². The van der Waals surface area contributed by atoms with Gasteiger partial charge in [-0.1, -0.05) is 38.3 Å². The fraction of sp³-hybridized carbons (Fsp3) is 0.625. The maximum atomic E-state index is 12.5. The number of nitrogens with zero attached hydrogens (tertiary/aromatic N) is 1. The first-order valence-corrected chi connectivity index (χ1v) is 11.1. The summed E-state index contributed by atoms with van der Waals surface area (Å²) in [5.41, 5.74) is 1.87. The summed E-state index contributed by atoms with van der Waals surface area (Å²) >= 11 is 0. The van der Waals surface area contributed by atoms with Gasteiger partial charge in [0.2, 0.25) is 5.91 Å². The molecule has 0 saturated heterocycles. The molecule has 1 aromatic heterocycles. The second-order valence-electron chi connectivity index (χ2n) is 9.12. The molecular weight excluding hydrogens is 362 g/mol. The summed E-state index contributed by atoms with van der Waals surface area (Å²) in [6.45, 7) is 7.24. The molecule has 5 nitrogen and oxygen atoms in total. The molecule has 1 heterocycles. The summed E-state index contributed by atoms with van der Waals surface area (Å²) in [7, 11) is 0. The Morgan fingerprint density at radius 1 is 1.24 bits per heavy atom. The van der Waals surface area contributed by atoms with Crippen molar-refractivity contribution in [2.24, 2.45) is 23.7 Å². The number of pyridine rings is 1. The van der Waals surface area contributed by atoms with Crippen molar-refractivity contribution in [1.82, 2.24) is 15.6 Å². The van der Waals surface area contributed by atoms with Gasteiger partial charge in [-0.15, -0.1) is 0 Å².